The average Bonchev–Trinajstić information content (AvgIpc) is 1.84. The summed E-state index contributed by atoms with van der Waals surface area (Å²) in [5, 5.41) is 2.42. The molecule has 0 aromatic heterocycles. The second kappa shape index (κ2) is 4.20. The third-order valence-electron chi connectivity index (χ3n) is 0.522. The molecule has 0 amide bonds. The SMILES string of the molecule is [N-]=[N+]=NNN(S(=O)O)S(=O)(=O)O. The van der Waals surface area contributed by atoms with Crippen molar-refractivity contribution >= 4 is 21.6 Å². The van der Waals surface area contributed by atoms with E-state index in [9.17, 15) is 12.6 Å². The van der Waals surface area contributed by atoms with E-state index in [0.717, 1.165) is 0 Å². The van der Waals surface area contributed by atoms with Gasteiger partial charge in [-0.3, -0.25) is 9.11 Å². The van der Waals surface area contributed by atoms with E-state index in [0.29, 0.717) is 0 Å². The van der Waals surface area contributed by atoms with Gasteiger partial charge in [-0.1, -0.05) is 0 Å². The summed E-state index contributed by atoms with van der Waals surface area (Å²) in [6.07, 6.45) is 0. The molecule has 0 saturated heterocycles. The van der Waals surface area contributed by atoms with Crippen LogP contribution >= 0.6 is 0 Å². The highest BCUT2D eigenvalue weighted by Gasteiger charge is 2.27. The Morgan fingerprint density at radius 2 is 2.17 bits per heavy atom. The van der Waals surface area contributed by atoms with Crippen LogP contribution in [-0.2, 0) is 21.6 Å². The first-order valence-corrected chi connectivity index (χ1v) is 4.54. The molecule has 0 aliphatic heterocycles. The summed E-state index contributed by atoms with van der Waals surface area (Å²) < 4.78 is 46.2. The minimum atomic E-state index is -4.93. The van der Waals surface area contributed by atoms with Crippen LogP contribution in [-0.4, -0.2) is 25.6 Å². The molecule has 12 heavy (non-hydrogen) atoms. The molecular weight excluding hydrogens is 214 g/mol. The van der Waals surface area contributed by atoms with Gasteiger partial charge in [0.05, 0.1) is 0 Å². The predicted molar refractivity (Wildman–Crippen MR) is 36.4 cm³/mol. The van der Waals surface area contributed by atoms with Crippen molar-refractivity contribution in [3.8, 4) is 0 Å². The fourth-order valence-electron chi connectivity index (χ4n) is 0.224. The average molecular weight is 217 g/mol. The third kappa shape index (κ3) is 3.47. The van der Waals surface area contributed by atoms with E-state index in [1.807, 2.05) is 4.91 Å². The number of rotatable bonds is 4. The van der Waals surface area contributed by atoms with Gasteiger partial charge in [-0.05, 0) is 0 Å². The van der Waals surface area contributed by atoms with Gasteiger partial charge in [-0.15, -0.1) is 11.1 Å². The molecule has 3 N–H and O–H groups in total. The lowest BCUT2D eigenvalue weighted by Gasteiger charge is -2.05. The molecule has 12 heteroatoms. The standard InChI is InChI=1S/H3N5O5S2/c1-2-3-4-5(11(6)7)12(8,9)10/h4H,(H,6,7)(H,8,9,10). The van der Waals surface area contributed by atoms with E-state index >= 15 is 0 Å². The summed E-state index contributed by atoms with van der Waals surface area (Å²) in [6, 6.07) is 0. The molecule has 0 rings (SSSR count). The highest BCUT2D eigenvalue weighted by molar-refractivity contribution is 7.95. The summed E-state index contributed by atoms with van der Waals surface area (Å²) >= 11 is -3.05. The van der Waals surface area contributed by atoms with Gasteiger partial charge in [0.2, 0.25) is 0 Å². The van der Waals surface area contributed by atoms with Gasteiger partial charge in [0, 0.05) is 5.22 Å². The van der Waals surface area contributed by atoms with Crippen LogP contribution in [0.15, 0.2) is 5.22 Å². The Hall–Kier alpha value is -0.910. The Labute approximate surface area is 69.0 Å². The van der Waals surface area contributed by atoms with Crippen molar-refractivity contribution in [2.45, 2.75) is 0 Å². The number of hydrogen-bond donors (Lipinski definition) is 3. The number of hydrogen-bond acceptors (Lipinski definition) is 4. The van der Waals surface area contributed by atoms with E-state index in [1.165, 1.54) is 5.53 Å². The van der Waals surface area contributed by atoms with Crippen molar-refractivity contribution in [3.05, 3.63) is 10.4 Å². The number of nitrogens with one attached hydrogen (secondary N) is 1. The fraction of sp³-hybridized carbons (Fsp3) is 0. The summed E-state index contributed by atoms with van der Waals surface area (Å²) in [6.45, 7) is 0. The summed E-state index contributed by atoms with van der Waals surface area (Å²) in [7, 11) is -4.93. The predicted octanol–water partition coefficient (Wildman–Crippen LogP) is -1.04. The van der Waals surface area contributed by atoms with Gasteiger partial charge in [0.1, 0.15) is 3.82 Å². The maximum absolute atomic E-state index is 10.2. The van der Waals surface area contributed by atoms with Crippen molar-refractivity contribution in [2.24, 2.45) is 5.22 Å². The van der Waals surface area contributed by atoms with E-state index in [2.05, 4.69) is 5.22 Å². The molecule has 1 atom stereocenters. The van der Waals surface area contributed by atoms with Gasteiger partial charge in [-0.25, -0.2) is 4.21 Å². The molecule has 10 nitrogen and oxygen atoms in total. The molecule has 70 valence electrons. The van der Waals surface area contributed by atoms with E-state index in [1.54, 1.807) is 0 Å². The lowest BCUT2D eigenvalue weighted by molar-refractivity contribution is 0.367. The van der Waals surface area contributed by atoms with Crippen molar-refractivity contribution < 1.29 is 21.7 Å². The van der Waals surface area contributed by atoms with Crippen molar-refractivity contribution in [1.29, 1.82) is 0 Å². The van der Waals surface area contributed by atoms with Crippen LogP contribution in [0.4, 0.5) is 0 Å². The Morgan fingerprint density at radius 1 is 1.67 bits per heavy atom. The lowest BCUT2D eigenvalue weighted by Crippen LogP contribution is -2.40. The summed E-state index contributed by atoms with van der Waals surface area (Å²) in [5.41, 5.74) is 8.94. The Kier molecular flexibility index (Phi) is 3.88. The minimum absolute atomic E-state index is 0.549. The fourth-order valence-corrected chi connectivity index (χ4v) is 1.11. The van der Waals surface area contributed by atoms with Crippen LogP contribution in [0.1, 0.15) is 0 Å². The normalized spacial score (nSPS) is 13.6. The molecule has 1 unspecified atom stereocenters. The van der Waals surface area contributed by atoms with Crippen LogP contribution in [0.3, 0.4) is 0 Å². The Morgan fingerprint density at radius 3 is 2.42 bits per heavy atom. The van der Waals surface area contributed by atoms with Crippen LogP contribution in [0.5, 0.6) is 0 Å². The maximum atomic E-state index is 10.2. The second-order valence-corrected chi connectivity index (χ2v) is 3.54. The highest BCUT2D eigenvalue weighted by Crippen LogP contribution is 1.94. The molecule has 0 radical (unpaired) electrons. The van der Waals surface area contributed by atoms with Gasteiger partial charge in [0.15, 0.2) is 0 Å². The van der Waals surface area contributed by atoms with E-state index in [-0.39, 0.29) is 0 Å². The van der Waals surface area contributed by atoms with Crippen LogP contribution in [0.25, 0.3) is 10.4 Å². The summed E-state index contributed by atoms with van der Waals surface area (Å²) in [4.78, 5) is 2.02. The molecule has 0 spiro atoms. The van der Waals surface area contributed by atoms with Crippen LogP contribution in [0.2, 0.25) is 0 Å². The zero-order valence-electron chi connectivity index (χ0n) is 5.22. The molecule has 0 aliphatic carbocycles. The van der Waals surface area contributed by atoms with Gasteiger partial charge < -0.3 is 0 Å². The smallest absolute Gasteiger partial charge is 0.290 e. The van der Waals surface area contributed by atoms with Crippen LogP contribution < -0.4 is 5.53 Å². The topological polar surface area (TPSA) is 156 Å². The molecule has 0 saturated carbocycles. The van der Waals surface area contributed by atoms with E-state index < -0.39 is 25.4 Å². The quantitative estimate of drug-likeness (QED) is 0.136. The van der Waals surface area contributed by atoms with E-state index in [4.69, 9.17) is 14.6 Å². The largest absolute Gasteiger partial charge is 0.384 e. The monoisotopic (exact) mass is 217 g/mol. The molecule has 0 aliphatic rings. The van der Waals surface area contributed by atoms with Crippen molar-refractivity contribution in [2.75, 3.05) is 0 Å². The molecular formula is H3N5O5S2. The van der Waals surface area contributed by atoms with Crippen LogP contribution in [0, 0.1) is 0 Å². The Bertz CT molecular complexity index is 311. The second-order valence-electron chi connectivity index (χ2n) is 1.23. The first kappa shape index (κ1) is 11.1. The molecule has 0 aromatic rings. The number of azide groups is 1. The van der Waals surface area contributed by atoms with Crippen molar-refractivity contribution in [1.82, 2.24) is 9.35 Å². The molecule has 0 aromatic carbocycles. The zero-order valence-corrected chi connectivity index (χ0v) is 6.86. The first-order valence-electron chi connectivity index (χ1n) is 2.08. The number of nitrogens with zero attached hydrogens (tertiary/aromatic N) is 4. The third-order valence-corrected chi connectivity index (χ3v) is 2.34. The minimum Gasteiger partial charge on any atom is -0.290 e. The van der Waals surface area contributed by atoms with Gasteiger partial charge in [0.25, 0.3) is 11.3 Å². The maximum Gasteiger partial charge on any atom is 0.384 e. The van der Waals surface area contributed by atoms with Gasteiger partial charge >= 0.3 is 10.3 Å². The number of hydrazine groups is 1. The zero-order chi connectivity index (χ0) is 9.78. The van der Waals surface area contributed by atoms with Gasteiger partial charge in [-0.2, -0.15) is 13.3 Å². The molecule has 0 bridgehead atoms. The molecule has 0 heterocycles. The van der Waals surface area contributed by atoms with Crippen molar-refractivity contribution in [3.63, 3.8) is 0 Å². The first-order chi connectivity index (χ1) is 5.39. The molecule has 0 fully saturated rings. The lowest BCUT2D eigenvalue weighted by atomic mass is 12.5. The summed E-state index contributed by atoms with van der Waals surface area (Å²) in [5.74, 6) is 0. The Balaban J connectivity index is 4.69. The highest BCUT2D eigenvalue weighted by atomic mass is 32.3.